The third-order valence-corrected chi connectivity index (χ3v) is 30.4. The minimum atomic E-state index is -4.61. The van der Waals surface area contributed by atoms with E-state index in [1.807, 2.05) is 0 Å². The van der Waals surface area contributed by atoms with Crippen molar-refractivity contribution in [3.63, 3.8) is 0 Å². The molecule has 0 atom stereocenters. The van der Waals surface area contributed by atoms with Gasteiger partial charge < -0.3 is 0 Å². The van der Waals surface area contributed by atoms with Crippen LogP contribution in [0.15, 0.2) is 0 Å². The van der Waals surface area contributed by atoms with Gasteiger partial charge in [-0.05, 0) is 31.9 Å². The Kier molecular flexibility index (Phi) is 11.3. The summed E-state index contributed by atoms with van der Waals surface area (Å²) in [4.78, 5) is 0. The molecule has 0 unspecified atom stereocenters. The van der Waals surface area contributed by atoms with Crippen LogP contribution >= 0.6 is 207 Å². The van der Waals surface area contributed by atoms with Crippen LogP contribution in [0, 0.1) is 0 Å². The van der Waals surface area contributed by atoms with Gasteiger partial charge in [-0.15, -0.1) is 0 Å². The Morgan fingerprint density at radius 2 is 0.783 bits per heavy atom. The number of hydrogen-bond donors (Lipinski definition) is 1. The van der Waals surface area contributed by atoms with E-state index in [-0.39, 0.29) is 0 Å². The summed E-state index contributed by atoms with van der Waals surface area (Å²) in [6.07, 6.45) is 0. The summed E-state index contributed by atoms with van der Waals surface area (Å²) in [6.45, 7) is 0. The van der Waals surface area contributed by atoms with Crippen LogP contribution in [0.3, 0.4) is 0 Å². The maximum Gasteiger partial charge on any atom is 0.293 e. The van der Waals surface area contributed by atoms with Gasteiger partial charge in [0, 0.05) is 0 Å². The molecule has 0 spiro atoms. The van der Waals surface area contributed by atoms with Crippen molar-refractivity contribution in [3.8, 4) is 0 Å². The van der Waals surface area contributed by atoms with Crippen LogP contribution in [-0.4, -0.2) is 30.6 Å². The van der Waals surface area contributed by atoms with Gasteiger partial charge in [-0.3, -0.25) is 4.55 Å². The average molecular weight is 1190 g/mol. The van der Waals surface area contributed by atoms with Crippen LogP contribution in [0.4, 0.5) is 0 Å². The molecule has 1 N–H and O–H groups in total. The van der Waals surface area contributed by atoms with E-state index in [4.69, 9.17) is 0 Å². The summed E-state index contributed by atoms with van der Waals surface area (Å²) >= 11 is 43.7. The van der Waals surface area contributed by atoms with Gasteiger partial charge in [0.15, 0.2) is 2.14 Å². The van der Waals surface area contributed by atoms with Crippen LogP contribution in [0.1, 0.15) is 0 Å². The molecule has 0 amide bonds. The van der Waals surface area contributed by atoms with Crippen molar-refractivity contribution in [2.24, 2.45) is 0 Å². The lowest BCUT2D eigenvalue weighted by Gasteiger charge is -2.53. The standard InChI is InChI=1S/C6HBr13O3S/c7-1(8,3(11,12)5(15,16)17)2(9,10)4(13,14)6(18,19)23(20,21)22/h(H,20,21,22). The first-order chi connectivity index (χ1) is 9.50. The second-order valence-corrected chi connectivity index (χ2v) is 30.4. The maximum atomic E-state index is 11.8. The summed E-state index contributed by atoms with van der Waals surface area (Å²) in [5, 5.41) is 0. The molecule has 0 bridgehead atoms. The minimum Gasteiger partial charge on any atom is -0.284 e. The van der Waals surface area contributed by atoms with Gasteiger partial charge in [0.25, 0.3) is 10.1 Å². The molecule has 0 radical (unpaired) electrons. The molecule has 0 saturated carbocycles. The number of alkyl halides is 13. The lowest BCUT2D eigenvalue weighted by molar-refractivity contribution is 0.472. The third kappa shape index (κ3) is 5.32. The average Bonchev–Trinajstić information content (AvgIpc) is 2.24. The van der Waals surface area contributed by atoms with Crippen molar-refractivity contribution in [1.82, 2.24) is 0 Å². The highest BCUT2D eigenvalue weighted by molar-refractivity contribution is 9.42. The van der Waals surface area contributed by atoms with Crippen LogP contribution in [0.5, 0.6) is 0 Å². The van der Waals surface area contributed by atoms with E-state index in [2.05, 4.69) is 207 Å². The summed E-state index contributed by atoms with van der Waals surface area (Å²) in [5.74, 6) is 0. The molecule has 17 heteroatoms. The minimum absolute atomic E-state index is 0.907. The van der Waals surface area contributed by atoms with E-state index >= 15 is 0 Å². The van der Waals surface area contributed by atoms with Crippen LogP contribution in [0.2, 0.25) is 0 Å². The van der Waals surface area contributed by atoms with Crippen LogP contribution in [0.25, 0.3) is 0 Å². The van der Waals surface area contributed by atoms with Gasteiger partial charge in [-0.1, -0.05) is 175 Å². The van der Waals surface area contributed by atoms with E-state index in [0.29, 0.717) is 0 Å². The normalized spacial score (nSPS) is 16.6. The van der Waals surface area contributed by atoms with Crippen LogP contribution < -0.4 is 0 Å². The zero-order chi connectivity index (χ0) is 19.5. The fourth-order valence-corrected chi connectivity index (χ4v) is 12.7. The highest BCUT2D eigenvalue weighted by Crippen LogP contribution is 2.75. The van der Waals surface area contributed by atoms with Gasteiger partial charge in [0.1, 0.15) is 12.9 Å². The largest absolute Gasteiger partial charge is 0.293 e. The molecule has 0 rings (SSSR count). The van der Waals surface area contributed by atoms with E-state index in [1.54, 1.807) is 0 Å². The molecule has 0 aromatic rings. The molecule has 3 nitrogen and oxygen atoms in total. The first-order valence-electron chi connectivity index (χ1n) is 4.43. The monoisotopic (exact) mass is 1180 g/mol. The summed E-state index contributed by atoms with van der Waals surface area (Å²) in [7, 11) is -4.61. The molecule has 140 valence electrons. The molecule has 0 heterocycles. The summed E-state index contributed by atoms with van der Waals surface area (Å²) < 4.78 is 25.0. The van der Waals surface area contributed by atoms with Crippen molar-refractivity contribution in [2.75, 3.05) is 0 Å². The maximum absolute atomic E-state index is 11.8. The van der Waals surface area contributed by atoms with Gasteiger partial charge in [0.05, 0.1) is 0 Å². The molecule has 0 fully saturated rings. The number of rotatable bonds is 5. The fraction of sp³-hybridized carbons (Fsp3) is 1.00. The predicted octanol–water partition coefficient (Wildman–Crippen LogP) is 9.10. The fourth-order valence-electron chi connectivity index (χ4n) is 0.917. The molecular formula is C6HBr13O3S. The summed E-state index contributed by atoms with van der Waals surface area (Å²) in [5.41, 5.74) is 0. The zero-order valence-corrected chi connectivity index (χ0v) is 31.0. The third-order valence-electron chi connectivity index (χ3n) is 2.23. The Bertz CT molecular complexity index is 559. The quantitative estimate of drug-likeness (QED) is 0.221. The van der Waals surface area contributed by atoms with Gasteiger partial charge in [0.2, 0.25) is 2.57 Å². The van der Waals surface area contributed by atoms with E-state index in [1.165, 1.54) is 0 Å². The molecule has 23 heavy (non-hydrogen) atoms. The second-order valence-electron chi connectivity index (χ2n) is 3.79. The Morgan fingerprint density at radius 3 is 1.00 bits per heavy atom. The lowest BCUT2D eigenvalue weighted by Crippen LogP contribution is -2.64. The Balaban J connectivity index is 6.48. The van der Waals surface area contributed by atoms with E-state index < -0.39 is 27.8 Å². The van der Waals surface area contributed by atoms with Crippen molar-refractivity contribution in [3.05, 3.63) is 0 Å². The molecule has 0 aliphatic heterocycles. The summed E-state index contributed by atoms with van der Waals surface area (Å²) in [6, 6.07) is 0. The second kappa shape index (κ2) is 8.95. The topological polar surface area (TPSA) is 54.4 Å². The van der Waals surface area contributed by atoms with Crippen molar-refractivity contribution < 1.29 is 13.0 Å². The van der Waals surface area contributed by atoms with Crippen LogP contribution in [-0.2, 0) is 10.1 Å². The Morgan fingerprint density at radius 1 is 0.522 bits per heavy atom. The van der Waals surface area contributed by atoms with Gasteiger partial charge >= 0.3 is 0 Å². The predicted molar refractivity (Wildman–Crippen MR) is 144 cm³/mol. The van der Waals surface area contributed by atoms with Crippen molar-refractivity contribution in [1.29, 1.82) is 0 Å². The number of halogens is 13. The van der Waals surface area contributed by atoms with Crippen molar-refractivity contribution >= 4 is 217 Å². The highest BCUT2D eigenvalue weighted by atomic mass is 80.0. The first kappa shape index (κ1) is 29.1. The van der Waals surface area contributed by atoms with Gasteiger partial charge in [-0.2, -0.15) is 8.42 Å². The van der Waals surface area contributed by atoms with Crippen molar-refractivity contribution in [2.45, 2.75) is 17.6 Å². The zero-order valence-electron chi connectivity index (χ0n) is 9.59. The Labute approximate surface area is 242 Å². The van der Waals surface area contributed by atoms with Gasteiger partial charge in [-0.25, -0.2) is 0 Å². The smallest absolute Gasteiger partial charge is 0.284 e. The first-order valence-corrected chi connectivity index (χ1v) is 16.2. The lowest BCUT2D eigenvalue weighted by atomic mass is 10.2. The molecule has 0 saturated heterocycles. The molecule has 0 aliphatic rings. The Hall–Kier alpha value is 6.15. The van der Waals surface area contributed by atoms with E-state index in [9.17, 15) is 13.0 Å². The highest BCUT2D eigenvalue weighted by Gasteiger charge is 2.75. The molecular weight excluding hydrogens is 1190 g/mol. The molecule has 0 aromatic heterocycles. The molecule has 0 aromatic carbocycles. The SMILES string of the molecule is O=S(=O)(O)C(Br)(Br)C(Br)(Br)C(Br)(Br)C(Br)(Br)C(Br)(Br)C(Br)(Br)Br. The molecule has 0 aliphatic carbocycles. The number of hydrogen-bond acceptors (Lipinski definition) is 2. The van der Waals surface area contributed by atoms with E-state index in [0.717, 1.165) is 0 Å².